The van der Waals surface area contributed by atoms with Gasteiger partial charge in [0, 0.05) is 25.0 Å². The third-order valence-corrected chi connectivity index (χ3v) is 6.10. The number of piperazine rings is 1. The number of nitrogens with zero attached hydrogens (tertiary/aromatic N) is 5. The van der Waals surface area contributed by atoms with Gasteiger partial charge in [-0.1, -0.05) is 0 Å². The number of likely N-dealkylation sites (N-methyl/N-ethyl adjacent to an activating group) is 1. The van der Waals surface area contributed by atoms with Gasteiger partial charge in [0.05, 0.1) is 37.3 Å². The number of hydrogen-bond donors (Lipinski definition) is 0. The highest BCUT2D eigenvalue weighted by molar-refractivity contribution is 7.08. The maximum absolute atomic E-state index is 12.8. The summed E-state index contributed by atoms with van der Waals surface area (Å²) in [6.07, 6.45) is 3.80. The van der Waals surface area contributed by atoms with Gasteiger partial charge in [0.2, 0.25) is 11.7 Å². The Morgan fingerprint density at radius 3 is 2.74 bits per heavy atom. The third kappa shape index (κ3) is 3.17. The number of hydrogen-bond acceptors (Lipinski definition) is 7. The average Bonchev–Trinajstić information content (AvgIpc) is 3.35. The van der Waals surface area contributed by atoms with E-state index in [-0.39, 0.29) is 23.2 Å². The van der Waals surface area contributed by atoms with E-state index in [1.165, 1.54) is 19.5 Å². The van der Waals surface area contributed by atoms with E-state index in [1.807, 2.05) is 28.8 Å². The minimum atomic E-state index is -0.252. The van der Waals surface area contributed by atoms with E-state index in [2.05, 4.69) is 14.9 Å². The SMILES string of the molecule is COc1cnc(C(=O)N2CCC3(C2)CN(c2ccsc2)C(=O)CN3C)nc1. The molecule has 0 saturated carbocycles. The predicted molar refractivity (Wildman–Crippen MR) is 101 cm³/mol. The summed E-state index contributed by atoms with van der Waals surface area (Å²) in [6, 6.07) is 1.96. The molecule has 2 aliphatic rings. The van der Waals surface area contributed by atoms with Crippen LogP contribution in [-0.4, -0.2) is 77.5 Å². The molecule has 0 N–H and O–H groups in total. The summed E-state index contributed by atoms with van der Waals surface area (Å²) in [5.41, 5.74) is 0.679. The second-order valence-corrected chi connectivity index (χ2v) is 7.75. The van der Waals surface area contributed by atoms with E-state index < -0.39 is 0 Å². The van der Waals surface area contributed by atoms with Gasteiger partial charge >= 0.3 is 0 Å². The van der Waals surface area contributed by atoms with Crippen LogP contribution < -0.4 is 9.64 Å². The van der Waals surface area contributed by atoms with Gasteiger partial charge in [-0.2, -0.15) is 11.3 Å². The number of methoxy groups -OCH3 is 1. The molecule has 2 aliphatic heterocycles. The largest absolute Gasteiger partial charge is 0.494 e. The summed E-state index contributed by atoms with van der Waals surface area (Å²) >= 11 is 1.57. The molecule has 0 radical (unpaired) electrons. The molecule has 1 spiro atoms. The topological polar surface area (TPSA) is 78.9 Å². The van der Waals surface area contributed by atoms with Gasteiger partial charge in [-0.05, 0) is 24.9 Å². The van der Waals surface area contributed by atoms with Gasteiger partial charge in [-0.3, -0.25) is 14.5 Å². The number of aromatic nitrogens is 2. The van der Waals surface area contributed by atoms with Crippen LogP contribution >= 0.6 is 11.3 Å². The van der Waals surface area contributed by atoms with Gasteiger partial charge < -0.3 is 14.5 Å². The van der Waals surface area contributed by atoms with E-state index in [9.17, 15) is 9.59 Å². The van der Waals surface area contributed by atoms with Crippen LogP contribution in [0.2, 0.25) is 0 Å². The van der Waals surface area contributed by atoms with E-state index in [1.54, 1.807) is 16.2 Å². The third-order valence-electron chi connectivity index (χ3n) is 5.43. The minimum Gasteiger partial charge on any atom is -0.494 e. The Balaban J connectivity index is 1.52. The van der Waals surface area contributed by atoms with Gasteiger partial charge in [0.15, 0.2) is 5.75 Å². The van der Waals surface area contributed by atoms with E-state index in [0.29, 0.717) is 31.9 Å². The molecule has 4 heterocycles. The number of amides is 2. The lowest BCUT2D eigenvalue weighted by Crippen LogP contribution is -2.64. The number of thiophene rings is 1. The van der Waals surface area contributed by atoms with Crippen molar-refractivity contribution in [2.24, 2.45) is 0 Å². The van der Waals surface area contributed by atoms with E-state index >= 15 is 0 Å². The lowest BCUT2D eigenvalue weighted by Gasteiger charge is -2.46. The number of rotatable bonds is 3. The fraction of sp³-hybridized carbons (Fsp3) is 0.444. The normalized spacial score (nSPS) is 23.3. The molecule has 2 amide bonds. The summed E-state index contributed by atoms with van der Waals surface area (Å²) in [4.78, 5) is 39.3. The first-order valence-corrected chi connectivity index (χ1v) is 9.66. The van der Waals surface area contributed by atoms with Gasteiger partial charge in [-0.25, -0.2) is 9.97 Å². The van der Waals surface area contributed by atoms with Crippen molar-refractivity contribution in [1.82, 2.24) is 19.8 Å². The molecule has 2 aromatic heterocycles. The molecule has 9 heteroatoms. The summed E-state index contributed by atoms with van der Waals surface area (Å²) in [6.45, 7) is 2.08. The Kier molecular flexibility index (Phi) is 4.56. The predicted octanol–water partition coefficient (Wildman–Crippen LogP) is 1.11. The lowest BCUT2D eigenvalue weighted by molar-refractivity contribution is -0.123. The Morgan fingerprint density at radius 2 is 2.07 bits per heavy atom. The zero-order valence-corrected chi connectivity index (χ0v) is 16.1. The highest BCUT2D eigenvalue weighted by Crippen LogP contribution is 2.34. The molecule has 2 fully saturated rings. The number of likely N-dealkylation sites (tertiary alicyclic amines) is 1. The Bertz CT molecular complexity index is 841. The molecule has 1 unspecified atom stereocenters. The van der Waals surface area contributed by atoms with Crippen molar-refractivity contribution in [2.45, 2.75) is 12.0 Å². The minimum absolute atomic E-state index is 0.0878. The second kappa shape index (κ2) is 6.90. The van der Waals surface area contributed by atoms with Crippen LogP contribution in [0.3, 0.4) is 0 Å². The fourth-order valence-corrected chi connectivity index (χ4v) is 4.39. The molecule has 0 bridgehead atoms. The van der Waals surface area contributed by atoms with Crippen LogP contribution in [0.5, 0.6) is 5.75 Å². The highest BCUT2D eigenvalue weighted by Gasteiger charge is 2.49. The number of carbonyl (C=O) groups is 2. The number of ether oxygens (including phenoxy) is 1. The Morgan fingerprint density at radius 1 is 1.30 bits per heavy atom. The Labute approximate surface area is 161 Å². The fourth-order valence-electron chi connectivity index (χ4n) is 3.75. The van der Waals surface area contributed by atoms with Crippen molar-refractivity contribution in [3.63, 3.8) is 0 Å². The maximum atomic E-state index is 12.8. The zero-order valence-electron chi connectivity index (χ0n) is 15.3. The second-order valence-electron chi connectivity index (χ2n) is 6.97. The smallest absolute Gasteiger partial charge is 0.291 e. The van der Waals surface area contributed by atoms with Crippen molar-refractivity contribution in [3.8, 4) is 5.75 Å². The molecular weight excluding hydrogens is 366 g/mol. The number of carbonyl (C=O) groups excluding carboxylic acids is 2. The monoisotopic (exact) mass is 387 g/mol. The summed E-state index contributed by atoms with van der Waals surface area (Å²) in [7, 11) is 3.49. The van der Waals surface area contributed by atoms with Crippen LogP contribution in [0.1, 0.15) is 17.0 Å². The molecule has 2 saturated heterocycles. The molecule has 4 rings (SSSR count). The van der Waals surface area contributed by atoms with E-state index in [0.717, 1.165) is 12.1 Å². The van der Waals surface area contributed by atoms with Crippen molar-refractivity contribution < 1.29 is 14.3 Å². The standard InChI is InChI=1S/C18H21N5O3S/c1-21-9-15(24)23(13-3-6-27-10-13)12-18(21)4-5-22(11-18)17(25)16-19-7-14(26-2)8-20-16/h3,6-8,10H,4-5,9,11-12H2,1-2H3. The molecule has 8 nitrogen and oxygen atoms in total. The average molecular weight is 387 g/mol. The molecule has 0 aliphatic carbocycles. The molecule has 2 aromatic rings. The molecule has 142 valence electrons. The quantitative estimate of drug-likeness (QED) is 0.785. The molecular formula is C18H21N5O3S. The van der Waals surface area contributed by atoms with Crippen LogP contribution in [0, 0.1) is 0 Å². The summed E-state index contributed by atoms with van der Waals surface area (Å²) in [5, 5.41) is 3.96. The van der Waals surface area contributed by atoms with Gasteiger partial charge in [-0.15, -0.1) is 0 Å². The van der Waals surface area contributed by atoms with Crippen molar-refractivity contribution in [1.29, 1.82) is 0 Å². The summed E-state index contributed by atoms with van der Waals surface area (Å²) in [5.74, 6) is 0.574. The first kappa shape index (κ1) is 17.9. The van der Waals surface area contributed by atoms with Crippen molar-refractivity contribution in [2.75, 3.05) is 45.2 Å². The maximum Gasteiger partial charge on any atom is 0.291 e. The van der Waals surface area contributed by atoms with Crippen molar-refractivity contribution >= 4 is 28.8 Å². The zero-order chi connectivity index (χ0) is 19.0. The van der Waals surface area contributed by atoms with Gasteiger partial charge in [0.1, 0.15) is 0 Å². The first-order valence-electron chi connectivity index (χ1n) is 8.71. The van der Waals surface area contributed by atoms with Crippen LogP contribution in [-0.2, 0) is 4.79 Å². The molecule has 1 atom stereocenters. The van der Waals surface area contributed by atoms with Gasteiger partial charge in [0.25, 0.3) is 5.91 Å². The summed E-state index contributed by atoms with van der Waals surface area (Å²) < 4.78 is 5.04. The van der Waals surface area contributed by atoms with Crippen molar-refractivity contribution in [3.05, 3.63) is 35.0 Å². The lowest BCUT2D eigenvalue weighted by atomic mass is 9.93. The number of anilines is 1. The van der Waals surface area contributed by atoms with Crippen LogP contribution in [0.4, 0.5) is 5.69 Å². The van der Waals surface area contributed by atoms with Crippen LogP contribution in [0.25, 0.3) is 0 Å². The van der Waals surface area contributed by atoms with E-state index in [4.69, 9.17) is 4.74 Å². The Hall–Kier alpha value is -2.52. The first-order chi connectivity index (χ1) is 13.0. The van der Waals surface area contributed by atoms with Crippen LogP contribution in [0.15, 0.2) is 29.2 Å². The molecule has 27 heavy (non-hydrogen) atoms. The highest BCUT2D eigenvalue weighted by atomic mass is 32.1. The molecule has 0 aromatic carbocycles.